The number of pyridine rings is 1. The summed E-state index contributed by atoms with van der Waals surface area (Å²) in [4.78, 5) is 6.95. The molecule has 157 valence electrons. The average Bonchev–Trinajstić information content (AvgIpc) is 3.26. The smallest absolute Gasteiger partial charge is 0.142 e. The molecule has 30 heavy (non-hydrogen) atoms. The Kier molecular flexibility index (Phi) is 6.16. The van der Waals surface area contributed by atoms with Crippen LogP contribution in [0.5, 0.6) is 0 Å². The molecule has 6 heteroatoms. The largest absolute Gasteiger partial charge is 0.379 e. The maximum Gasteiger partial charge on any atom is 0.142 e. The quantitative estimate of drug-likeness (QED) is 0.662. The molecule has 1 aromatic carbocycles. The molecule has 6 nitrogen and oxygen atoms in total. The van der Waals surface area contributed by atoms with E-state index in [2.05, 4.69) is 53.3 Å². The summed E-state index contributed by atoms with van der Waals surface area (Å²) in [6.07, 6.45) is 1.89. The normalized spacial score (nSPS) is 15.3. The molecule has 4 rings (SSSR count). The Labute approximate surface area is 178 Å². The van der Waals surface area contributed by atoms with Gasteiger partial charge in [0.15, 0.2) is 0 Å². The molecule has 0 atom stereocenters. The number of aromatic nitrogens is 2. The van der Waals surface area contributed by atoms with Crippen LogP contribution in [-0.4, -0.2) is 54.4 Å². The van der Waals surface area contributed by atoms with Gasteiger partial charge < -0.3 is 14.6 Å². The SMILES string of the molecule is CC(C)(C)c1cc(-c2c[c]c(-c3ccc(NCCN4CCOCC4)nc3)cc2)no1. The highest BCUT2D eigenvalue weighted by molar-refractivity contribution is 5.68. The van der Waals surface area contributed by atoms with Crippen molar-refractivity contribution in [2.75, 3.05) is 44.7 Å². The zero-order valence-corrected chi connectivity index (χ0v) is 17.9. The summed E-state index contributed by atoms with van der Waals surface area (Å²) in [5.74, 6) is 1.77. The van der Waals surface area contributed by atoms with Crippen LogP contribution in [0.25, 0.3) is 22.4 Å². The lowest BCUT2D eigenvalue weighted by molar-refractivity contribution is 0.0398. The molecule has 1 radical (unpaired) electrons. The number of hydrogen-bond donors (Lipinski definition) is 1. The van der Waals surface area contributed by atoms with Crippen molar-refractivity contribution in [1.29, 1.82) is 0 Å². The van der Waals surface area contributed by atoms with Gasteiger partial charge in [-0.25, -0.2) is 4.98 Å². The Morgan fingerprint density at radius 3 is 2.53 bits per heavy atom. The van der Waals surface area contributed by atoms with E-state index in [1.807, 2.05) is 36.5 Å². The highest BCUT2D eigenvalue weighted by atomic mass is 16.5. The number of nitrogens with zero attached hydrogens (tertiary/aromatic N) is 3. The second kappa shape index (κ2) is 8.98. The Bertz CT molecular complexity index is 937. The van der Waals surface area contributed by atoms with Crippen molar-refractivity contribution in [3.63, 3.8) is 0 Å². The van der Waals surface area contributed by atoms with Gasteiger partial charge in [-0.2, -0.15) is 0 Å². The van der Waals surface area contributed by atoms with E-state index in [1.54, 1.807) is 0 Å². The van der Waals surface area contributed by atoms with Gasteiger partial charge in [0.1, 0.15) is 17.3 Å². The van der Waals surface area contributed by atoms with Crippen molar-refractivity contribution in [2.45, 2.75) is 26.2 Å². The van der Waals surface area contributed by atoms with Crippen molar-refractivity contribution in [1.82, 2.24) is 15.0 Å². The van der Waals surface area contributed by atoms with E-state index in [9.17, 15) is 0 Å². The Morgan fingerprint density at radius 2 is 1.90 bits per heavy atom. The maximum absolute atomic E-state index is 5.49. The molecule has 0 saturated carbocycles. The van der Waals surface area contributed by atoms with Gasteiger partial charge in [0.2, 0.25) is 0 Å². The molecular formula is C24H29N4O2. The Morgan fingerprint density at radius 1 is 1.10 bits per heavy atom. The lowest BCUT2D eigenvalue weighted by Gasteiger charge is -2.26. The number of rotatable bonds is 6. The van der Waals surface area contributed by atoms with Crippen LogP contribution in [0.3, 0.4) is 0 Å². The van der Waals surface area contributed by atoms with Crippen molar-refractivity contribution >= 4 is 5.82 Å². The topological polar surface area (TPSA) is 63.4 Å². The van der Waals surface area contributed by atoms with Crippen LogP contribution in [0.1, 0.15) is 26.5 Å². The standard InChI is InChI=1S/C24H29N4O2/c1-24(2,3)22-16-21(27-30-22)19-6-4-18(5-7-19)20-8-9-23(26-17-20)25-10-11-28-12-14-29-15-13-28/h4,6-9,16-17H,10-15H2,1-3H3,(H,25,26). The molecule has 0 aliphatic carbocycles. The highest BCUT2D eigenvalue weighted by Gasteiger charge is 2.20. The maximum atomic E-state index is 5.49. The van der Waals surface area contributed by atoms with Crippen molar-refractivity contribution < 1.29 is 9.26 Å². The predicted molar refractivity (Wildman–Crippen MR) is 118 cm³/mol. The van der Waals surface area contributed by atoms with Gasteiger partial charge in [-0.15, -0.1) is 0 Å². The molecule has 0 unspecified atom stereocenters. The third kappa shape index (κ3) is 5.07. The summed E-state index contributed by atoms with van der Waals surface area (Å²) >= 11 is 0. The third-order valence-corrected chi connectivity index (χ3v) is 5.27. The Balaban J connectivity index is 1.35. The molecule has 3 aromatic rings. The summed E-state index contributed by atoms with van der Waals surface area (Å²) in [7, 11) is 0. The predicted octanol–water partition coefficient (Wildman–Crippen LogP) is 4.25. The number of morpholine rings is 1. The fraction of sp³-hybridized carbons (Fsp3) is 0.417. The van der Waals surface area contributed by atoms with Gasteiger partial charge in [-0.1, -0.05) is 38.1 Å². The first-order chi connectivity index (χ1) is 14.5. The first-order valence-corrected chi connectivity index (χ1v) is 10.5. The third-order valence-electron chi connectivity index (χ3n) is 5.27. The number of ether oxygens (including phenoxy) is 1. The first kappa shape index (κ1) is 20.6. The van der Waals surface area contributed by atoms with Crippen molar-refractivity contribution in [3.8, 4) is 22.4 Å². The number of benzene rings is 1. The molecule has 1 fully saturated rings. The van der Waals surface area contributed by atoms with E-state index in [0.717, 1.165) is 73.4 Å². The Hall–Kier alpha value is -2.70. The molecule has 0 spiro atoms. The molecule has 1 saturated heterocycles. The van der Waals surface area contributed by atoms with Gasteiger partial charge in [-0.05, 0) is 29.8 Å². The summed E-state index contributed by atoms with van der Waals surface area (Å²) in [5, 5.41) is 7.60. The van der Waals surface area contributed by atoms with E-state index in [4.69, 9.17) is 9.26 Å². The van der Waals surface area contributed by atoms with E-state index < -0.39 is 0 Å². The molecule has 0 bridgehead atoms. The van der Waals surface area contributed by atoms with Crippen LogP contribution in [0, 0.1) is 6.07 Å². The lowest BCUT2D eigenvalue weighted by Crippen LogP contribution is -2.39. The molecule has 1 aliphatic heterocycles. The molecule has 1 aliphatic rings. The molecule has 0 amide bonds. The van der Waals surface area contributed by atoms with Crippen LogP contribution >= 0.6 is 0 Å². The van der Waals surface area contributed by atoms with E-state index in [-0.39, 0.29) is 5.41 Å². The summed E-state index contributed by atoms with van der Waals surface area (Å²) in [5.41, 5.74) is 3.81. The van der Waals surface area contributed by atoms with Crippen LogP contribution < -0.4 is 5.32 Å². The van der Waals surface area contributed by atoms with E-state index >= 15 is 0 Å². The second-order valence-electron chi connectivity index (χ2n) is 8.63. The van der Waals surface area contributed by atoms with Crippen molar-refractivity contribution in [3.05, 3.63) is 54.4 Å². The average molecular weight is 406 g/mol. The fourth-order valence-electron chi connectivity index (χ4n) is 3.35. The van der Waals surface area contributed by atoms with Gasteiger partial charge in [0, 0.05) is 55.0 Å². The monoisotopic (exact) mass is 405 g/mol. The molecule has 3 heterocycles. The second-order valence-corrected chi connectivity index (χ2v) is 8.63. The summed E-state index contributed by atoms with van der Waals surface area (Å²) in [6.45, 7) is 11.9. The molecular weight excluding hydrogens is 376 g/mol. The van der Waals surface area contributed by atoms with Gasteiger partial charge >= 0.3 is 0 Å². The highest BCUT2D eigenvalue weighted by Crippen LogP contribution is 2.28. The zero-order valence-electron chi connectivity index (χ0n) is 17.9. The van der Waals surface area contributed by atoms with E-state index in [0.29, 0.717) is 0 Å². The minimum atomic E-state index is -0.0570. The van der Waals surface area contributed by atoms with Crippen molar-refractivity contribution in [2.24, 2.45) is 0 Å². The first-order valence-electron chi connectivity index (χ1n) is 10.5. The number of anilines is 1. The van der Waals surface area contributed by atoms with Crippen LogP contribution in [0.2, 0.25) is 0 Å². The number of nitrogens with one attached hydrogen (secondary N) is 1. The van der Waals surface area contributed by atoms with E-state index in [1.165, 1.54) is 0 Å². The zero-order chi connectivity index (χ0) is 21.0. The molecule has 2 aromatic heterocycles. The lowest BCUT2D eigenvalue weighted by atomic mass is 9.93. The molecule has 1 N–H and O–H groups in total. The van der Waals surface area contributed by atoms with Gasteiger partial charge in [0.05, 0.1) is 13.2 Å². The van der Waals surface area contributed by atoms with Crippen LogP contribution in [0.4, 0.5) is 5.82 Å². The fourth-order valence-corrected chi connectivity index (χ4v) is 3.35. The minimum absolute atomic E-state index is 0.0570. The number of hydrogen-bond acceptors (Lipinski definition) is 6. The van der Waals surface area contributed by atoms with Crippen LogP contribution in [-0.2, 0) is 10.2 Å². The van der Waals surface area contributed by atoms with Gasteiger partial charge in [0.25, 0.3) is 0 Å². The van der Waals surface area contributed by atoms with Crippen LogP contribution in [0.15, 0.2) is 47.1 Å². The summed E-state index contributed by atoms with van der Waals surface area (Å²) < 4.78 is 10.9. The minimum Gasteiger partial charge on any atom is -0.379 e. The summed E-state index contributed by atoms with van der Waals surface area (Å²) in [6, 6.07) is 15.5. The van der Waals surface area contributed by atoms with Gasteiger partial charge in [-0.3, -0.25) is 4.90 Å².